The summed E-state index contributed by atoms with van der Waals surface area (Å²) in [6, 6.07) is 4.23. The van der Waals surface area contributed by atoms with Crippen molar-refractivity contribution in [3.05, 3.63) is 40.1 Å². The van der Waals surface area contributed by atoms with Crippen LogP contribution in [0.25, 0.3) is 0 Å². The number of amides is 2. The van der Waals surface area contributed by atoms with Crippen molar-refractivity contribution < 1.29 is 14.6 Å². The van der Waals surface area contributed by atoms with Gasteiger partial charge in [0.2, 0.25) is 0 Å². The van der Waals surface area contributed by atoms with Gasteiger partial charge in [-0.25, -0.2) is 4.79 Å². The maximum atomic E-state index is 12.4. The van der Waals surface area contributed by atoms with Crippen LogP contribution < -0.4 is 10.6 Å². The van der Waals surface area contributed by atoms with Crippen molar-refractivity contribution in [1.29, 1.82) is 0 Å². The minimum absolute atomic E-state index is 0.000614. The summed E-state index contributed by atoms with van der Waals surface area (Å²) in [4.78, 5) is 12.4. The molecule has 2 aromatic rings. The van der Waals surface area contributed by atoms with Crippen LogP contribution in [0.15, 0.2) is 24.4 Å². The number of benzene rings is 1. The Morgan fingerprint density at radius 2 is 1.97 bits per heavy atom. The average Bonchev–Trinajstić information content (AvgIpc) is 3.30. The van der Waals surface area contributed by atoms with Crippen LogP contribution in [-0.2, 0) is 11.3 Å². The van der Waals surface area contributed by atoms with E-state index in [4.69, 9.17) is 27.9 Å². The molecular formula is C23H31Cl2N5O3. The highest BCUT2D eigenvalue weighted by molar-refractivity contribution is 6.42. The Labute approximate surface area is 204 Å². The number of nitrogens with one attached hydrogen (secondary N) is 2. The molecule has 1 aromatic carbocycles. The first kappa shape index (κ1) is 24.3. The molecule has 180 valence electrons. The number of aliphatic hydroxyl groups excluding tert-OH is 1. The first-order valence-corrected chi connectivity index (χ1v) is 12.5. The largest absolute Gasteiger partial charge is 0.394 e. The Bertz CT molecular complexity index is 935. The van der Waals surface area contributed by atoms with E-state index in [1.54, 1.807) is 18.2 Å². The summed E-state index contributed by atoms with van der Waals surface area (Å²) in [6.45, 7) is 0.557. The lowest BCUT2D eigenvalue weighted by Crippen LogP contribution is -2.52. The van der Waals surface area contributed by atoms with Gasteiger partial charge in [0.05, 0.1) is 34.5 Å². The van der Waals surface area contributed by atoms with E-state index in [2.05, 4.69) is 27.1 Å². The van der Waals surface area contributed by atoms with Crippen molar-refractivity contribution in [3.63, 3.8) is 0 Å². The van der Waals surface area contributed by atoms with Gasteiger partial charge in [0.25, 0.3) is 0 Å². The maximum absolute atomic E-state index is 12.4. The van der Waals surface area contributed by atoms with Crippen molar-refractivity contribution in [3.8, 4) is 0 Å². The predicted octanol–water partition coefficient (Wildman–Crippen LogP) is 4.75. The van der Waals surface area contributed by atoms with Gasteiger partial charge < -0.3 is 20.5 Å². The highest BCUT2D eigenvalue weighted by atomic mass is 35.5. The number of aromatic nitrogens is 3. The summed E-state index contributed by atoms with van der Waals surface area (Å²) in [6.07, 6.45) is 10.2. The zero-order valence-electron chi connectivity index (χ0n) is 18.6. The van der Waals surface area contributed by atoms with E-state index in [1.807, 2.05) is 4.68 Å². The molecule has 4 rings (SSSR count). The van der Waals surface area contributed by atoms with Crippen molar-refractivity contribution in [2.24, 2.45) is 0 Å². The monoisotopic (exact) mass is 495 g/mol. The number of aliphatic hydroxyl groups is 1. The lowest BCUT2D eigenvalue weighted by atomic mass is 9.87. The first-order valence-electron chi connectivity index (χ1n) is 11.7. The van der Waals surface area contributed by atoms with Crippen molar-refractivity contribution in [2.75, 3.05) is 11.9 Å². The summed E-state index contributed by atoms with van der Waals surface area (Å²) in [5, 5.41) is 24.9. The number of hydrogen-bond donors (Lipinski definition) is 3. The van der Waals surface area contributed by atoms with Gasteiger partial charge in [0, 0.05) is 24.3 Å². The molecule has 10 heteroatoms. The normalized spacial score (nSPS) is 23.9. The van der Waals surface area contributed by atoms with Gasteiger partial charge in [-0.3, -0.25) is 4.68 Å². The number of hydrogen-bond acceptors (Lipinski definition) is 5. The van der Waals surface area contributed by atoms with Crippen LogP contribution in [0.5, 0.6) is 0 Å². The number of nitrogens with zero attached hydrogens (tertiary/aromatic N) is 3. The fourth-order valence-corrected chi connectivity index (χ4v) is 5.00. The maximum Gasteiger partial charge on any atom is 0.319 e. The molecule has 3 atom stereocenters. The number of ether oxygens (including phenoxy) is 1. The molecule has 0 bridgehead atoms. The Kier molecular flexibility index (Phi) is 8.46. The van der Waals surface area contributed by atoms with Crippen LogP contribution in [0.3, 0.4) is 0 Å². The van der Waals surface area contributed by atoms with Crippen LogP contribution in [0, 0.1) is 0 Å². The number of anilines is 1. The second-order valence-electron chi connectivity index (χ2n) is 8.92. The molecule has 0 spiro atoms. The van der Waals surface area contributed by atoms with Crippen LogP contribution in [0.1, 0.15) is 63.0 Å². The van der Waals surface area contributed by atoms with E-state index in [-0.39, 0.29) is 24.8 Å². The zero-order chi connectivity index (χ0) is 23.2. The van der Waals surface area contributed by atoms with Gasteiger partial charge in [-0.1, -0.05) is 47.7 Å². The molecule has 1 aromatic heterocycles. The molecule has 0 radical (unpaired) electrons. The Balaban J connectivity index is 1.24. The Morgan fingerprint density at radius 3 is 2.73 bits per heavy atom. The van der Waals surface area contributed by atoms with E-state index in [0.717, 1.165) is 31.5 Å². The van der Waals surface area contributed by atoms with E-state index < -0.39 is 6.10 Å². The van der Waals surface area contributed by atoms with Crippen molar-refractivity contribution in [1.82, 2.24) is 20.3 Å². The summed E-state index contributed by atoms with van der Waals surface area (Å²) in [5.41, 5.74) is 1.64. The molecule has 1 aliphatic carbocycles. The predicted molar refractivity (Wildman–Crippen MR) is 128 cm³/mol. The summed E-state index contributed by atoms with van der Waals surface area (Å²) < 4.78 is 7.99. The number of halogens is 2. The van der Waals surface area contributed by atoms with E-state index in [0.29, 0.717) is 21.7 Å². The highest BCUT2D eigenvalue weighted by Gasteiger charge is 2.32. The van der Waals surface area contributed by atoms with Gasteiger partial charge in [-0.05, 0) is 50.3 Å². The summed E-state index contributed by atoms with van der Waals surface area (Å²) in [5.74, 6) is 0.541. The topological polar surface area (TPSA) is 101 Å². The minimum Gasteiger partial charge on any atom is -0.394 e. The van der Waals surface area contributed by atoms with Crippen LogP contribution >= 0.6 is 23.2 Å². The number of aryl methyl sites for hydroxylation is 1. The number of urea groups is 1. The molecule has 2 aliphatic rings. The lowest BCUT2D eigenvalue weighted by molar-refractivity contribution is -0.0905. The fourth-order valence-electron chi connectivity index (χ4n) is 4.70. The second-order valence-corrected chi connectivity index (χ2v) is 9.73. The van der Waals surface area contributed by atoms with Crippen LogP contribution in [-0.4, -0.2) is 51.0 Å². The third kappa shape index (κ3) is 6.59. The quantitative estimate of drug-likeness (QED) is 0.514. The SMILES string of the molecule is O=C(Nc1ccc(Cl)c(Cl)c1)N[C@H]1CC[C@@H](CCn2cc(C3CCCCC3)nn2)O[C@@H]1CO. The molecule has 2 fully saturated rings. The molecular weight excluding hydrogens is 465 g/mol. The number of carbonyl (C=O) groups is 1. The smallest absolute Gasteiger partial charge is 0.319 e. The zero-order valence-corrected chi connectivity index (χ0v) is 20.1. The summed E-state index contributed by atoms with van der Waals surface area (Å²) in [7, 11) is 0. The standard InChI is InChI=1S/C23H31Cl2N5O3/c24-18-8-6-16(12-19(18)25)26-23(32)27-20-9-7-17(33-22(20)14-31)10-11-30-13-21(28-29-30)15-4-2-1-3-5-15/h6,8,12-13,15,17,20,22,31H,1-5,7,9-11,14H2,(H2,26,27,32)/t17-,20-,22+/m0/s1. The average molecular weight is 496 g/mol. The third-order valence-corrected chi connectivity index (χ3v) is 7.29. The molecule has 3 N–H and O–H groups in total. The molecule has 33 heavy (non-hydrogen) atoms. The van der Waals surface area contributed by atoms with E-state index >= 15 is 0 Å². The molecule has 1 saturated heterocycles. The van der Waals surface area contributed by atoms with Crippen molar-refractivity contribution >= 4 is 34.9 Å². The number of rotatable bonds is 7. The van der Waals surface area contributed by atoms with Crippen LogP contribution in [0.4, 0.5) is 10.5 Å². The van der Waals surface area contributed by atoms with Gasteiger partial charge in [-0.2, -0.15) is 0 Å². The molecule has 2 heterocycles. The molecule has 0 unspecified atom stereocenters. The lowest BCUT2D eigenvalue weighted by Gasteiger charge is -2.36. The van der Waals surface area contributed by atoms with Crippen molar-refractivity contribution in [2.45, 2.75) is 82.1 Å². The molecule has 1 aliphatic heterocycles. The molecule has 1 saturated carbocycles. The van der Waals surface area contributed by atoms with Gasteiger partial charge >= 0.3 is 6.03 Å². The Morgan fingerprint density at radius 1 is 1.15 bits per heavy atom. The molecule has 8 nitrogen and oxygen atoms in total. The Hall–Kier alpha value is -1.87. The van der Waals surface area contributed by atoms with Crippen LogP contribution in [0.2, 0.25) is 10.0 Å². The van der Waals surface area contributed by atoms with Gasteiger partial charge in [0.1, 0.15) is 6.10 Å². The fraction of sp³-hybridized carbons (Fsp3) is 0.609. The van der Waals surface area contributed by atoms with E-state index in [1.165, 1.54) is 32.1 Å². The number of carbonyl (C=O) groups excluding carboxylic acids is 1. The first-order chi connectivity index (χ1) is 16.0. The van der Waals surface area contributed by atoms with E-state index in [9.17, 15) is 9.90 Å². The highest BCUT2D eigenvalue weighted by Crippen LogP contribution is 2.31. The minimum atomic E-state index is -0.461. The molecule has 2 amide bonds. The van der Waals surface area contributed by atoms with Gasteiger partial charge in [0.15, 0.2) is 0 Å². The summed E-state index contributed by atoms with van der Waals surface area (Å²) >= 11 is 11.9. The second kappa shape index (κ2) is 11.5. The van der Waals surface area contributed by atoms with Gasteiger partial charge in [-0.15, -0.1) is 5.10 Å². The third-order valence-electron chi connectivity index (χ3n) is 6.55.